The van der Waals surface area contributed by atoms with Crippen LogP contribution in [0.4, 0.5) is 13.2 Å². The minimum Gasteiger partial charge on any atom is -0.496 e. The van der Waals surface area contributed by atoms with Crippen LogP contribution in [0.3, 0.4) is 0 Å². The van der Waals surface area contributed by atoms with Gasteiger partial charge < -0.3 is 4.74 Å². The molecule has 0 N–H and O–H groups in total. The first kappa shape index (κ1) is 13.8. The lowest BCUT2D eigenvalue weighted by Gasteiger charge is -2.16. The average Bonchev–Trinajstić information content (AvgIpc) is 2.15. The second-order valence-electron chi connectivity index (χ2n) is 3.17. The quantitative estimate of drug-likeness (QED) is 0.699. The topological polar surface area (TPSA) is 9.23 Å². The molecule has 0 radical (unpaired) electrons. The van der Waals surface area contributed by atoms with Crippen molar-refractivity contribution in [2.75, 3.05) is 7.11 Å². The maximum atomic E-state index is 12.2. The number of hydrogen-bond acceptors (Lipinski definition) is 1. The van der Waals surface area contributed by atoms with E-state index in [0.29, 0.717) is 11.3 Å². The van der Waals surface area contributed by atoms with Crippen molar-refractivity contribution < 1.29 is 17.9 Å². The van der Waals surface area contributed by atoms with E-state index in [-0.39, 0.29) is 0 Å². The van der Waals surface area contributed by atoms with Gasteiger partial charge in [0.15, 0.2) is 0 Å². The Morgan fingerprint density at radius 1 is 1.38 bits per heavy atom. The van der Waals surface area contributed by atoms with Gasteiger partial charge in [-0.3, -0.25) is 0 Å². The summed E-state index contributed by atoms with van der Waals surface area (Å²) in [5.74, 6) is 0.439. The fourth-order valence-electron chi connectivity index (χ4n) is 1.26. The fourth-order valence-corrected chi connectivity index (χ4v) is 2.37. The third-order valence-corrected chi connectivity index (χ3v) is 3.25. The maximum absolute atomic E-state index is 12.2. The van der Waals surface area contributed by atoms with Crippen LogP contribution in [0.5, 0.6) is 5.75 Å². The summed E-state index contributed by atoms with van der Waals surface area (Å²) in [6, 6.07) is 4.96. The Morgan fingerprint density at radius 2 is 2.00 bits per heavy atom. The summed E-state index contributed by atoms with van der Waals surface area (Å²) in [5, 5.41) is 0. The van der Waals surface area contributed by atoms with Gasteiger partial charge in [0.25, 0.3) is 0 Å². The molecular weight excluding hydrogens is 353 g/mol. The predicted molar refractivity (Wildman–Crippen MR) is 63.0 cm³/mol. The second kappa shape index (κ2) is 5.40. The van der Waals surface area contributed by atoms with Crippen LogP contribution in [0, 0.1) is 0 Å². The highest BCUT2D eigenvalue weighted by Crippen LogP contribution is 2.40. The molecule has 0 fully saturated rings. The van der Waals surface area contributed by atoms with E-state index in [1.165, 1.54) is 7.11 Å². The van der Waals surface area contributed by atoms with Crippen LogP contribution in [-0.2, 0) is 0 Å². The highest BCUT2D eigenvalue weighted by Gasteiger charge is 2.32. The summed E-state index contributed by atoms with van der Waals surface area (Å²) < 4.78 is 42.5. The lowest BCUT2D eigenvalue weighted by atomic mass is 10.1. The van der Waals surface area contributed by atoms with Crippen molar-refractivity contribution in [2.24, 2.45) is 0 Å². The SMILES string of the molecule is COc1ccc(Br)cc1C(Br)CC(F)(F)F. The largest absolute Gasteiger partial charge is 0.496 e. The Bertz CT molecular complexity index is 366. The summed E-state index contributed by atoms with van der Waals surface area (Å²) in [6.07, 6.45) is -5.14. The van der Waals surface area contributed by atoms with Crippen molar-refractivity contribution in [3.63, 3.8) is 0 Å². The summed E-state index contributed by atoms with van der Waals surface area (Å²) in [4.78, 5) is -0.806. The van der Waals surface area contributed by atoms with Gasteiger partial charge in [-0.15, -0.1) is 0 Å². The number of methoxy groups -OCH3 is 1. The van der Waals surface area contributed by atoms with Crippen molar-refractivity contribution in [1.29, 1.82) is 0 Å². The van der Waals surface area contributed by atoms with Gasteiger partial charge in [0.05, 0.1) is 18.4 Å². The maximum Gasteiger partial charge on any atom is 0.390 e. The minimum absolute atomic E-state index is 0.439. The Hall–Kier alpha value is -0.230. The number of ether oxygens (including phenoxy) is 1. The van der Waals surface area contributed by atoms with Crippen LogP contribution in [0.1, 0.15) is 16.8 Å². The van der Waals surface area contributed by atoms with E-state index in [9.17, 15) is 13.2 Å². The molecule has 6 heteroatoms. The Kier molecular flexibility index (Phi) is 4.67. The third kappa shape index (κ3) is 3.97. The number of hydrogen-bond donors (Lipinski definition) is 0. The minimum atomic E-state index is -4.21. The van der Waals surface area contributed by atoms with Crippen LogP contribution in [-0.4, -0.2) is 13.3 Å². The van der Waals surface area contributed by atoms with Crippen molar-refractivity contribution in [2.45, 2.75) is 17.4 Å². The summed E-state index contributed by atoms with van der Waals surface area (Å²) >= 11 is 6.24. The molecule has 16 heavy (non-hydrogen) atoms. The lowest BCUT2D eigenvalue weighted by Crippen LogP contribution is -2.11. The Labute approximate surface area is 108 Å². The average molecular weight is 362 g/mol. The first-order valence-corrected chi connectivity index (χ1v) is 6.08. The van der Waals surface area contributed by atoms with Crippen molar-refractivity contribution in [3.8, 4) is 5.75 Å². The van der Waals surface area contributed by atoms with Crippen molar-refractivity contribution in [3.05, 3.63) is 28.2 Å². The van der Waals surface area contributed by atoms with E-state index in [1.807, 2.05) is 0 Å². The molecule has 1 atom stereocenters. The third-order valence-electron chi connectivity index (χ3n) is 1.94. The molecule has 90 valence electrons. The van der Waals surface area contributed by atoms with Crippen LogP contribution in [0.15, 0.2) is 22.7 Å². The van der Waals surface area contributed by atoms with Gasteiger partial charge in [-0.1, -0.05) is 31.9 Å². The highest BCUT2D eigenvalue weighted by molar-refractivity contribution is 9.10. The fraction of sp³-hybridized carbons (Fsp3) is 0.400. The van der Waals surface area contributed by atoms with Crippen molar-refractivity contribution in [1.82, 2.24) is 0 Å². The molecular formula is C10H9Br2F3O. The molecule has 0 aliphatic rings. The number of halogens is 5. The van der Waals surface area contributed by atoms with Crippen LogP contribution < -0.4 is 4.74 Å². The predicted octanol–water partition coefficient (Wildman–Crippen LogP) is 4.85. The zero-order chi connectivity index (χ0) is 12.3. The second-order valence-corrected chi connectivity index (χ2v) is 5.19. The first-order chi connectivity index (χ1) is 7.33. The van der Waals surface area contributed by atoms with E-state index in [0.717, 1.165) is 4.47 Å². The smallest absolute Gasteiger partial charge is 0.390 e. The standard InChI is InChI=1S/C10H9Br2F3O/c1-16-9-3-2-6(11)4-7(9)8(12)5-10(13,14)15/h2-4,8H,5H2,1H3. The molecule has 1 aromatic carbocycles. The van der Waals surface area contributed by atoms with E-state index in [2.05, 4.69) is 31.9 Å². The van der Waals surface area contributed by atoms with Gasteiger partial charge in [0.1, 0.15) is 5.75 Å². The molecule has 0 aliphatic heterocycles. The molecule has 1 nitrogen and oxygen atoms in total. The zero-order valence-corrected chi connectivity index (χ0v) is 11.5. The van der Waals surface area contributed by atoms with Gasteiger partial charge in [-0.25, -0.2) is 0 Å². The molecule has 0 spiro atoms. The molecule has 0 heterocycles. The van der Waals surface area contributed by atoms with Gasteiger partial charge in [0.2, 0.25) is 0 Å². The highest BCUT2D eigenvalue weighted by atomic mass is 79.9. The Morgan fingerprint density at radius 3 is 2.50 bits per heavy atom. The molecule has 0 saturated heterocycles. The molecule has 0 aliphatic carbocycles. The molecule has 1 unspecified atom stereocenters. The first-order valence-electron chi connectivity index (χ1n) is 4.38. The van der Waals surface area contributed by atoms with Crippen LogP contribution in [0.25, 0.3) is 0 Å². The lowest BCUT2D eigenvalue weighted by molar-refractivity contribution is -0.134. The molecule has 0 saturated carbocycles. The monoisotopic (exact) mass is 360 g/mol. The van der Waals surface area contributed by atoms with Gasteiger partial charge >= 0.3 is 6.18 Å². The molecule has 1 aromatic rings. The van der Waals surface area contributed by atoms with Gasteiger partial charge in [-0.05, 0) is 18.2 Å². The van der Waals surface area contributed by atoms with Crippen LogP contribution in [0.2, 0.25) is 0 Å². The van der Waals surface area contributed by atoms with Crippen LogP contribution >= 0.6 is 31.9 Å². The summed E-state index contributed by atoms with van der Waals surface area (Å²) in [7, 11) is 1.43. The number of alkyl halides is 4. The van der Waals surface area contributed by atoms with E-state index >= 15 is 0 Å². The van der Waals surface area contributed by atoms with Gasteiger partial charge in [-0.2, -0.15) is 13.2 Å². The van der Waals surface area contributed by atoms with Gasteiger partial charge in [0, 0.05) is 10.0 Å². The Balaban J connectivity index is 2.97. The van der Waals surface area contributed by atoms with E-state index in [4.69, 9.17) is 4.74 Å². The molecule has 0 aromatic heterocycles. The summed E-state index contributed by atoms with van der Waals surface area (Å²) in [5.41, 5.74) is 0.481. The van der Waals surface area contributed by atoms with E-state index in [1.54, 1.807) is 18.2 Å². The summed E-state index contributed by atoms with van der Waals surface area (Å²) in [6.45, 7) is 0. The molecule has 1 rings (SSSR count). The van der Waals surface area contributed by atoms with E-state index < -0.39 is 17.4 Å². The number of benzene rings is 1. The zero-order valence-electron chi connectivity index (χ0n) is 8.31. The normalized spacial score (nSPS) is 13.6. The number of rotatable bonds is 3. The van der Waals surface area contributed by atoms with Crippen molar-refractivity contribution >= 4 is 31.9 Å². The molecule has 0 amide bonds. The molecule has 0 bridgehead atoms.